The van der Waals surface area contributed by atoms with Crippen molar-refractivity contribution in [2.75, 3.05) is 36.0 Å². The minimum atomic E-state index is -0.861. The largest absolute Gasteiger partial charge is 0.371 e. The smallest absolute Gasteiger partial charge is 0.227 e. The fourth-order valence-electron chi connectivity index (χ4n) is 4.06. The number of hydrogen-bond acceptors (Lipinski definition) is 3. The number of carbonyl (C=O) groups is 2. The molecule has 2 aromatic rings. The zero-order chi connectivity index (χ0) is 21.3. The predicted molar refractivity (Wildman–Crippen MR) is 112 cm³/mol. The Labute approximate surface area is 178 Å². The van der Waals surface area contributed by atoms with Crippen molar-refractivity contribution < 1.29 is 18.4 Å². The highest BCUT2D eigenvalue weighted by atomic mass is 35.5. The third kappa shape index (κ3) is 4.41. The molecule has 2 aliphatic heterocycles. The first-order valence-corrected chi connectivity index (χ1v) is 10.3. The minimum Gasteiger partial charge on any atom is -0.371 e. The normalized spacial score (nSPS) is 21.4. The summed E-state index contributed by atoms with van der Waals surface area (Å²) in [6, 6.07) is 10.9. The molecule has 0 aromatic heterocycles. The summed E-state index contributed by atoms with van der Waals surface area (Å²) in [7, 11) is 0. The first-order chi connectivity index (χ1) is 14.4. The van der Waals surface area contributed by atoms with Gasteiger partial charge >= 0.3 is 0 Å². The number of benzene rings is 2. The Kier molecular flexibility index (Phi) is 5.90. The number of halogens is 3. The van der Waals surface area contributed by atoms with E-state index >= 15 is 0 Å². The number of amides is 2. The summed E-state index contributed by atoms with van der Waals surface area (Å²) < 4.78 is 26.6. The monoisotopic (exact) mass is 433 g/mol. The molecule has 4 rings (SSSR count). The number of nitrogens with zero attached hydrogens (tertiary/aromatic N) is 2. The van der Waals surface area contributed by atoms with Gasteiger partial charge in [-0.2, -0.15) is 0 Å². The second kappa shape index (κ2) is 8.60. The van der Waals surface area contributed by atoms with Gasteiger partial charge in [-0.05, 0) is 48.7 Å². The van der Waals surface area contributed by atoms with Crippen molar-refractivity contribution in [3.05, 3.63) is 59.1 Å². The lowest BCUT2D eigenvalue weighted by molar-refractivity contribution is -0.126. The van der Waals surface area contributed by atoms with Crippen LogP contribution in [0.3, 0.4) is 0 Å². The van der Waals surface area contributed by atoms with E-state index in [0.29, 0.717) is 30.3 Å². The second-order valence-electron chi connectivity index (χ2n) is 7.83. The Bertz CT molecular complexity index is 954. The van der Waals surface area contributed by atoms with Crippen LogP contribution in [-0.4, -0.2) is 38.0 Å². The van der Waals surface area contributed by atoms with Crippen LogP contribution in [-0.2, 0) is 9.59 Å². The standard InChI is InChI=1S/C22H22ClF2N3O2/c23-16-1-3-17(4-2-16)28-13-15(9-21(28)29)22(30)26-11-14-7-8-27(12-14)18-5-6-19(24)20(25)10-18/h1-6,10,14-15H,7-9,11-13H2,(H,26,30). The zero-order valence-corrected chi connectivity index (χ0v) is 17.0. The van der Waals surface area contributed by atoms with Gasteiger partial charge in [0.1, 0.15) is 0 Å². The molecule has 2 atom stereocenters. The molecule has 2 saturated heterocycles. The summed E-state index contributed by atoms with van der Waals surface area (Å²) in [5, 5.41) is 3.55. The van der Waals surface area contributed by atoms with E-state index in [9.17, 15) is 18.4 Å². The van der Waals surface area contributed by atoms with Crippen LogP contribution >= 0.6 is 11.6 Å². The summed E-state index contributed by atoms with van der Waals surface area (Å²) in [5.41, 5.74) is 1.38. The lowest BCUT2D eigenvalue weighted by atomic mass is 10.1. The number of anilines is 2. The van der Waals surface area contributed by atoms with Crippen LogP contribution in [0.4, 0.5) is 20.2 Å². The van der Waals surface area contributed by atoms with Gasteiger partial charge in [-0.3, -0.25) is 9.59 Å². The topological polar surface area (TPSA) is 52.7 Å². The van der Waals surface area contributed by atoms with Crippen LogP contribution in [0.25, 0.3) is 0 Å². The highest BCUT2D eigenvalue weighted by Crippen LogP contribution is 2.27. The van der Waals surface area contributed by atoms with Crippen LogP contribution in [0.1, 0.15) is 12.8 Å². The molecule has 0 aliphatic carbocycles. The van der Waals surface area contributed by atoms with Gasteiger partial charge in [-0.25, -0.2) is 8.78 Å². The Morgan fingerprint density at radius 3 is 2.53 bits per heavy atom. The molecule has 2 aromatic carbocycles. The van der Waals surface area contributed by atoms with Crippen LogP contribution in [0.15, 0.2) is 42.5 Å². The number of hydrogen-bond donors (Lipinski definition) is 1. The highest BCUT2D eigenvalue weighted by molar-refractivity contribution is 6.30. The fraction of sp³-hybridized carbons (Fsp3) is 0.364. The third-order valence-corrected chi connectivity index (χ3v) is 6.01. The molecule has 5 nitrogen and oxygen atoms in total. The predicted octanol–water partition coefficient (Wildman–Crippen LogP) is 3.61. The SMILES string of the molecule is O=C(NCC1CCN(c2ccc(F)c(F)c2)C1)C1CC(=O)N(c2ccc(Cl)cc2)C1. The van der Waals surface area contributed by atoms with Gasteiger partial charge in [0.05, 0.1) is 5.92 Å². The average Bonchev–Trinajstić information content (AvgIpc) is 3.36. The van der Waals surface area contributed by atoms with Crippen LogP contribution in [0, 0.1) is 23.5 Å². The molecular weight excluding hydrogens is 412 g/mol. The van der Waals surface area contributed by atoms with Crippen molar-refractivity contribution in [1.82, 2.24) is 5.32 Å². The number of nitrogens with one attached hydrogen (secondary N) is 1. The summed E-state index contributed by atoms with van der Waals surface area (Å²) in [6.45, 7) is 2.21. The second-order valence-corrected chi connectivity index (χ2v) is 8.26. The molecule has 0 spiro atoms. The Hall–Kier alpha value is -2.67. The van der Waals surface area contributed by atoms with Crippen molar-refractivity contribution in [2.24, 2.45) is 11.8 Å². The van der Waals surface area contributed by atoms with Crippen molar-refractivity contribution in [3.63, 3.8) is 0 Å². The molecule has 0 radical (unpaired) electrons. The fourth-order valence-corrected chi connectivity index (χ4v) is 4.18. The quantitative estimate of drug-likeness (QED) is 0.783. The van der Waals surface area contributed by atoms with E-state index in [1.54, 1.807) is 35.2 Å². The third-order valence-electron chi connectivity index (χ3n) is 5.75. The van der Waals surface area contributed by atoms with E-state index < -0.39 is 17.6 Å². The van der Waals surface area contributed by atoms with Crippen molar-refractivity contribution in [2.45, 2.75) is 12.8 Å². The molecule has 158 valence electrons. The Morgan fingerprint density at radius 1 is 1.07 bits per heavy atom. The minimum absolute atomic E-state index is 0.0807. The van der Waals surface area contributed by atoms with Gasteiger partial charge in [-0.1, -0.05) is 11.6 Å². The van der Waals surface area contributed by atoms with Crippen LogP contribution in [0.5, 0.6) is 0 Å². The summed E-state index contributed by atoms with van der Waals surface area (Å²) in [4.78, 5) is 28.5. The van der Waals surface area contributed by atoms with E-state index in [1.807, 2.05) is 4.90 Å². The average molecular weight is 434 g/mol. The van der Waals surface area contributed by atoms with Gasteiger partial charge < -0.3 is 15.1 Å². The molecule has 8 heteroatoms. The van der Waals surface area contributed by atoms with E-state index in [4.69, 9.17) is 11.6 Å². The Balaban J connectivity index is 1.28. The molecule has 0 bridgehead atoms. The van der Waals surface area contributed by atoms with Crippen LogP contribution < -0.4 is 15.1 Å². The molecule has 1 N–H and O–H groups in total. The molecule has 2 amide bonds. The summed E-state index contributed by atoms with van der Waals surface area (Å²) >= 11 is 5.90. The van der Waals surface area contributed by atoms with E-state index in [2.05, 4.69) is 5.32 Å². The van der Waals surface area contributed by atoms with E-state index in [0.717, 1.165) is 24.7 Å². The van der Waals surface area contributed by atoms with Gasteiger partial charge in [0, 0.05) is 55.1 Å². The summed E-state index contributed by atoms with van der Waals surface area (Å²) in [6.07, 6.45) is 1.03. The molecular formula is C22H22ClF2N3O2. The molecule has 2 heterocycles. The molecule has 2 fully saturated rings. The molecule has 30 heavy (non-hydrogen) atoms. The molecule has 2 unspecified atom stereocenters. The van der Waals surface area contributed by atoms with Gasteiger partial charge in [0.25, 0.3) is 0 Å². The lowest BCUT2D eigenvalue weighted by Gasteiger charge is -2.19. The van der Waals surface area contributed by atoms with Gasteiger partial charge in [-0.15, -0.1) is 0 Å². The maximum atomic E-state index is 13.5. The summed E-state index contributed by atoms with van der Waals surface area (Å²) in [5.74, 6) is -2.11. The zero-order valence-electron chi connectivity index (χ0n) is 16.3. The molecule has 2 aliphatic rings. The first kappa shape index (κ1) is 20.6. The highest BCUT2D eigenvalue weighted by Gasteiger charge is 2.35. The first-order valence-electron chi connectivity index (χ1n) is 9.94. The maximum Gasteiger partial charge on any atom is 0.227 e. The number of rotatable bonds is 5. The van der Waals surface area contributed by atoms with Crippen LogP contribution in [0.2, 0.25) is 5.02 Å². The Morgan fingerprint density at radius 2 is 1.80 bits per heavy atom. The van der Waals surface area contributed by atoms with Crippen molar-refractivity contribution in [3.8, 4) is 0 Å². The van der Waals surface area contributed by atoms with E-state index in [1.165, 1.54) is 6.07 Å². The molecule has 0 saturated carbocycles. The van der Waals surface area contributed by atoms with Gasteiger partial charge in [0.2, 0.25) is 11.8 Å². The van der Waals surface area contributed by atoms with Gasteiger partial charge in [0.15, 0.2) is 11.6 Å². The van der Waals surface area contributed by atoms with E-state index in [-0.39, 0.29) is 24.2 Å². The maximum absolute atomic E-state index is 13.5. The lowest BCUT2D eigenvalue weighted by Crippen LogP contribution is -2.36. The van der Waals surface area contributed by atoms with Crippen molar-refractivity contribution >= 4 is 34.8 Å². The van der Waals surface area contributed by atoms with Crippen molar-refractivity contribution in [1.29, 1.82) is 0 Å². The number of carbonyl (C=O) groups excluding carboxylic acids is 2.